The zero-order valence-electron chi connectivity index (χ0n) is 7.73. The van der Waals surface area contributed by atoms with Gasteiger partial charge in [-0.25, -0.2) is 4.79 Å². The van der Waals surface area contributed by atoms with Crippen LogP contribution in [0, 0.1) is 0 Å². The summed E-state index contributed by atoms with van der Waals surface area (Å²) in [6, 6.07) is 6.74. The average molecular weight is 192 g/mol. The normalized spacial score (nSPS) is 17.8. The van der Waals surface area contributed by atoms with Crippen molar-refractivity contribution < 1.29 is 15.0 Å². The van der Waals surface area contributed by atoms with Gasteiger partial charge in [0.1, 0.15) is 0 Å². The molecule has 0 saturated heterocycles. The van der Waals surface area contributed by atoms with E-state index in [4.69, 9.17) is 5.11 Å². The number of aromatic carboxylic acids is 1. The van der Waals surface area contributed by atoms with Gasteiger partial charge in [0.05, 0.1) is 11.2 Å². The maximum absolute atomic E-state index is 10.7. The molecule has 14 heavy (non-hydrogen) atoms. The second-order valence-corrected chi connectivity index (χ2v) is 3.91. The van der Waals surface area contributed by atoms with Gasteiger partial charge >= 0.3 is 5.97 Å². The molecular weight excluding hydrogens is 180 g/mol. The van der Waals surface area contributed by atoms with Crippen molar-refractivity contribution in [2.75, 3.05) is 0 Å². The van der Waals surface area contributed by atoms with Crippen molar-refractivity contribution in [3.05, 3.63) is 35.4 Å². The third-order valence-electron chi connectivity index (χ3n) is 2.53. The third-order valence-corrected chi connectivity index (χ3v) is 2.53. The minimum absolute atomic E-state index is 0.284. The Morgan fingerprint density at radius 1 is 1.43 bits per heavy atom. The zero-order valence-corrected chi connectivity index (χ0v) is 7.73. The van der Waals surface area contributed by atoms with E-state index in [0.29, 0.717) is 6.42 Å². The van der Waals surface area contributed by atoms with E-state index < -0.39 is 11.6 Å². The predicted molar refractivity (Wildman–Crippen MR) is 51.3 cm³/mol. The first kappa shape index (κ1) is 9.21. The van der Waals surface area contributed by atoms with Crippen molar-refractivity contribution in [1.82, 2.24) is 0 Å². The Hall–Kier alpha value is -1.35. The highest BCUT2D eigenvalue weighted by Gasteiger charge is 2.40. The van der Waals surface area contributed by atoms with Crippen LogP contribution in [0.4, 0.5) is 0 Å². The van der Waals surface area contributed by atoms with Crippen LogP contribution >= 0.6 is 0 Å². The van der Waals surface area contributed by atoms with E-state index >= 15 is 0 Å². The Kier molecular flexibility index (Phi) is 2.04. The molecule has 0 spiro atoms. The first-order valence-corrected chi connectivity index (χ1v) is 4.64. The van der Waals surface area contributed by atoms with E-state index in [0.717, 1.165) is 18.4 Å². The molecule has 1 saturated carbocycles. The molecule has 1 fully saturated rings. The van der Waals surface area contributed by atoms with E-state index in [-0.39, 0.29) is 5.56 Å². The number of hydrogen-bond acceptors (Lipinski definition) is 2. The van der Waals surface area contributed by atoms with Crippen LogP contribution in [0.15, 0.2) is 24.3 Å². The summed E-state index contributed by atoms with van der Waals surface area (Å²) in [5.41, 5.74) is 0.619. The average Bonchev–Trinajstić information content (AvgIpc) is 2.83. The van der Waals surface area contributed by atoms with E-state index in [1.54, 1.807) is 18.2 Å². The van der Waals surface area contributed by atoms with Crippen molar-refractivity contribution >= 4 is 5.97 Å². The van der Waals surface area contributed by atoms with Gasteiger partial charge in [-0.15, -0.1) is 0 Å². The summed E-state index contributed by atoms with van der Waals surface area (Å²) in [7, 11) is 0. The molecule has 0 aliphatic heterocycles. The van der Waals surface area contributed by atoms with Crippen molar-refractivity contribution in [2.24, 2.45) is 0 Å². The van der Waals surface area contributed by atoms with Gasteiger partial charge in [-0.05, 0) is 30.5 Å². The van der Waals surface area contributed by atoms with Crippen LogP contribution in [0.5, 0.6) is 0 Å². The van der Waals surface area contributed by atoms with Crippen LogP contribution in [0.2, 0.25) is 0 Å². The maximum atomic E-state index is 10.7. The van der Waals surface area contributed by atoms with Crippen LogP contribution in [0.1, 0.15) is 28.8 Å². The molecule has 0 unspecified atom stereocenters. The Balaban J connectivity index is 2.17. The van der Waals surface area contributed by atoms with Gasteiger partial charge in [0.2, 0.25) is 0 Å². The Morgan fingerprint density at radius 3 is 2.71 bits per heavy atom. The lowest BCUT2D eigenvalue weighted by Gasteiger charge is -2.07. The number of benzene rings is 1. The van der Waals surface area contributed by atoms with Gasteiger partial charge in [-0.3, -0.25) is 0 Å². The molecule has 1 aliphatic carbocycles. The van der Waals surface area contributed by atoms with Gasteiger partial charge < -0.3 is 10.2 Å². The van der Waals surface area contributed by atoms with Crippen LogP contribution in [-0.4, -0.2) is 21.8 Å². The largest absolute Gasteiger partial charge is 0.478 e. The third kappa shape index (κ3) is 1.93. The Bertz CT molecular complexity index is 367. The minimum atomic E-state index is -0.922. The van der Waals surface area contributed by atoms with E-state index in [1.807, 2.05) is 6.07 Å². The van der Waals surface area contributed by atoms with Crippen molar-refractivity contribution in [1.29, 1.82) is 0 Å². The molecule has 0 atom stereocenters. The summed E-state index contributed by atoms with van der Waals surface area (Å²) >= 11 is 0. The van der Waals surface area contributed by atoms with Gasteiger partial charge in [0, 0.05) is 6.42 Å². The fraction of sp³-hybridized carbons (Fsp3) is 0.364. The van der Waals surface area contributed by atoms with E-state index in [2.05, 4.69) is 0 Å². The second-order valence-electron chi connectivity index (χ2n) is 3.91. The number of carboxylic acid groups (broad SMARTS) is 1. The van der Waals surface area contributed by atoms with Crippen molar-refractivity contribution in [3.8, 4) is 0 Å². The second kappa shape index (κ2) is 3.10. The first-order chi connectivity index (χ1) is 6.59. The van der Waals surface area contributed by atoms with Crippen LogP contribution in [0.3, 0.4) is 0 Å². The summed E-state index contributed by atoms with van der Waals surface area (Å²) in [4.78, 5) is 10.7. The molecule has 3 heteroatoms. The van der Waals surface area contributed by atoms with Crippen molar-refractivity contribution in [2.45, 2.75) is 24.9 Å². The number of carboxylic acids is 1. The smallest absolute Gasteiger partial charge is 0.335 e. The lowest BCUT2D eigenvalue weighted by Crippen LogP contribution is -2.11. The topological polar surface area (TPSA) is 57.5 Å². The molecule has 0 bridgehead atoms. The lowest BCUT2D eigenvalue weighted by molar-refractivity contribution is 0.0696. The number of hydrogen-bond donors (Lipinski definition) is 2. The molecule has 0 amide bonds. The molecule has 0 aromatic heterocycles. The molecule has 74 valence electrons. The minimum Gasteiger partial charge on any atom is -0.478 e. The number of rotatable bonds is 3. The van der Waals surface area contributed by atoms with E-state index in [1.165, 1.54) is 0 Å². The van der Waals surface area contributed by atoms with E-state index in [9.17, 15) is 9.90 Å². The van der Waals surface area contributed by atoms with Crippen molar-refractivity contribution in [3.63, 3.8) is 0 Å². The summed E-state index contributed by atoms with van der Waals surface area (Å²) < 4.78 is 0. The van der Waals surface area contributed by atoms with Crippen LogP contribution in [0.25, 0.3) is 0 Å². The fourth-order valence-electron chi connectivity index (χ4n) is 1.52. The molecule has 1 aromatic carbocycles. The highest BCUT2D eigenvalue weighted by Crippen LogP contribution is 2.38. The molecule has 2 rings (SSSR count). The molecule has 2 N–H and O–H groups in total. The molecule has 0 heterocycles. The Morgan fingerprint density at radius 2 is 2.14 bits per heavy atom. The van der Waals surface area contributed by atoms with Crippen LogP contribution < -0.4 is 0 Å². The summed E-state index contributed by atoms with van der Waals surface area (Å²) in [5.74, 6) is -0.922. The standard InChI is InChI=1S/C11H12O3/c12-10(13)9-3-1-2-8(6-9)7-11(14)4-5-11/h1-3,6,14H,4-5,7H2,(H,12,13). The van der Waals surface area contributed by atoms with Gasteiger partial charge in [-0.1, -0.05) is 12.1 Å². The molecule has 1 aromatic rings. The molecule has 1 aliphatic rings. The van der Waals surface area contributed by atoms with Gasteiger partial charge in [0.25, 0.3) is 0 Å². The maximum Gasteiger partial charge on any atom is 0.335 e. The summed E-state index contributed by atoms with van der Waals surface area (Å²) in [6.07, 6.45) is 2.21. The van der Waals surface area contributed by atoms with Gasteiger partial charge in [0.15, 0.2) is 0 Å². The molecule has 3 nitrogen and oxygen atoms in total. The Labute approximate surface area is 82.0 Å². The van der Waals surface area contributed by atoms with Gasteiger partial charge in [-0.2, -0.15) is 0 Å². The number of carbonyl (C=O) groups is 1. The summed E-state index contributed by atoms with van der Waals surface area (Å²) in [5, 5.41) is 18.4. The highest BCUT2D eigenvalue weighted by molar-refractivity contribution is 5.87. The quantitative estimate of drug-likeness (QED) is 0.762. The number of aliphatic hydroxyl groups is 1. The zero-order chi connectivity index (χ0) is 10.2. The van der Waals surface area contributed by atoms with Crippen LogP contribution in [-0.2, 0) is 6.42 Å². The lowest BCUT2D eigenvalue weighted by atomic mass is 10.0. The summed E-state index contributed by atoms with van der Waals surface area (Å²) in [6.45, 7) is 0. The first-order valence-electron chi connectivity index (χ1n) is 4.64. The molecule has 0 radical (unpaired) electrons. The molecular formula is C11H12O3. The SMILES string of the molecule is O=C(O)c1cccc(CC2(O)CC2)c1. The monoisotopic (exact) mass is 192 g/mol. The predicted octanol–water partition coefficient (Wildman–Crippen LogP) is 1.45. The fourth-order valence-corrected chi connectivity index (χ4v) is 1.52. The highest BCUT2D eigenvalue weighted by atomic mass is 16.4.